The number of nitrogens with one attached hydrogen (secondary N) is 1. The van der Waals surface area contributed by atoms with E-state index >= 15 is 0 Å². The molecule has 0 aliphatic heterocycles. The summed E-state index contributed by atoms with van der Waals surface area (Å²) < 4.78 is 5.82. The van der Waals surface area contributed by atoms with E-state index in [1.807, 2.05) is 36.5 Å². The SMILES string of the molecule is c1ccc(OCc2ccc(-c3nc4ncc(C5CCCCC5)cc4[nH]3)cc2)cc1. The van der Waals surface area contributed by atoms with E-state index in [1.54, 1.807) is 0 Å². The zero-order valence-electron chi connectivity index (χ0n) is 16.5. The average Bonchev–Trinajstić information content (AvgIpc) is 3.23. The number of aromatic amines is 1. The number of nitrogens with zero attached hydrogens (tertiary/aromatic N) is 2. The first-order valence-electron chi connectivity index (χ1n) is 10.5. The fourth-order valence-electron chi connectivity index (χ4n) is 4.15. The van der Waals surface area contributed by atoms with Gasteiger partial charge >= 0.3 is 0 Å². The van der Waals surface area contributed by atoms with Crippen molar-refractivity contribution < 1.29 is 4.74 Å². The van der Waals surface area contributed by atoms with Crippen molar-refractivity contribution in [2.24, 2.45) is 0 Å². The number of benzene rings is 2. The maximum absolute atomic E-state index is 5.82. The number of ether oxygens (including phenoxy) is 1. The number of rotatable bonds is 5. The molecular weight excluding hydrogens is 358 g/mol. The van der Waals surface area contributed by atoms with E-state index in [1.165, 1.54) is 37.7 Å². The molecule has 4 nitrogen and oxygen atoms in total. The number of fused-ring (bicyclic) bond motifs is 1. The Morgan fingerprint density at radius 1 is 0.931 bits per heavy atom. The van der Waals surface area contributed by atoms with E-state index in [0.717, 1.165) is 33.9 Å². The van der Waals surface area contributed by atoms with Gasteiger partial charge in [0.15, 0.2) is 5.65 Å². The highest BCUT2D eigenvalue weighted by Gasteiger charge is 2.17. The number of hydrogen-bond donors (Lipinski definition) is 1. The van der Waals surface area contributed by atoms with Gasteiger partial charge in [-0.2, -0.15) is 0 Å². The van der Waals surface area contributed by atoms with Gasteiger partial charge in [0.1, 0.15) is 18.2 Å². The maximum Gasteiger partial charge on any atom is 0.178 e. The molecule has 0 amide bonds. The fourth-order valence-corrected chi connectivity index (χ4v) is 4.15. The molecule has 4 aromatic rings. The predicted octanol–water partition coefficient (Wildman–Crippen LogP) is 6.25. The van der Waals surface area contributed by atoms with Crippen molar-refractivity contribution in [3.8, 4) is 17.1 Å². The van der Waals surface area contributed by atoms with E-state index in [2.05, 4.69) is 40.3 Å². The summed E-state index contributed by atoms with van der Waals surface area (Å²) in [7, 11) is 0. The van der Waals surface area contributed by atoms with E-state index < -0.39 is 0 Å². The molecule has 4 heteroatoms. The molecule has 0 bridgehead atoms. The second kappa shape index (κ2) is 8.08. The predicted molar refractivity (Wildman–Crippen MR) is 116 cm³/mol. The summed E-state index contributed by atoms with van der Waals surface area (Å²) in [6.07, 6.45) is 8.61. The van der Waals surface area contributed by atoms with Crippen molar-refractivity contribution in [2.45, 2.75) is 44.6 Å². The Morgan fingerprint density at radius 2 is 1.72 bits per heavy atom. The number of hydrogen-bond acceptors (Lipinski definition) is 3. The second-order valence-electron chi connectivity index (χ2n) is 7.86. The molecule has 0 radical (unpaired) electrons. The van der Waals surface area contributed by atoms with Crippen LogP contribution in [0.25, 0.3) is 22.6 Å². The molecule has 1 aliphatic carbocycles. The summed E-state index contributed by atoms with van der Waals surface area (Å²) in [6.45, 7) is 0.552. The van der Waals surface area contributed by atoms with Crippen molar-refractivity contribution in [3.05, 3.63) is 78.0 Å². The Bertz CT molecular complexity index is 1080. The molecule has 0 spiro atoms. The normalized spacial score (nSPS) is 14.9. The molecule has 1 saturated carbocycles. The molecule has 0 saturated heterocycles. The van der Waals surface area contributed by atoms with Crippen LogP contribution in [-0.2, 0) is 6.61 Å². The third kappa shape index (κ3) is 4.02. The van der Waals surface area contributed by atoms with Crippen LogP contribution in [0.2, 0.25) is 0 Å². The number of imidazole rings is 1. The number of H-pyrrole nitrogens is 1. The van der Waals surface area contributed by atoms with Gasteiger partial charge in [-0.3, -0.25) is 0 Å². The zero-order valence-corrected chi connectivity index (χ0v) is 16.5. The lowest BCUT2D eigenvalue weighted by molar-refractivity contribution is 0.306. The minimum Gasteiger partial charge on any atom is -0.489 e. The van der Waals surface area contributed by atoms with Gasteiger partial charge in [-0.15, -0.1) is 0 Å². The van der Waals surface area contributed by atoms with Crippen molar-refractivity contribution >= 4 is 11.2 Å². The quantitative estimate of drug-likeness (QED) is 0.443. The molecule has 5 rings (SSSR count). The topological polar surface area (TPSA) is 50.8 Å². The lowest BCUT2D eigenvalue weighted by Crippen LogP contribution is -2.04. The van der Waals surface area contributed by atoms with E-state index in [0.29, 0.717) is 12.5 Å². The van der Waals surface area contributed by atoms with Crippen LogP contribution >= 0.6 is 0 Å². The highest BCUT2D eigenvalue weighted by Crippen LogP contribution is 2.33. The summed E-state index contributed by atoms with van der Waals surface area (Å²) in [5.74, 6) is 2.40. The van der Waals surface area contributed by atoms with Gasteiger partial charge in [0, 0.05) is 11.8 Å². The number of aromatic nitrogens is 3. The molecule has 2 heterocycles. The van der Waals surface area contributed by atoms with E-state index in [4.69, 9.17) is 9.72 Å². The van der Waals surface area contributed by atoms with Crippen LogP contribution in [0.15, 0.2) is 66.9 Å². The molecule has 146 valence electrons. The van der Waals surface area contributed by atoms with Gasteiger partial charge in [0.2, 0.25) is 0 Å². The van der Waals surface area contributed by atoms with Crippen LogP contribution in [-0.4, -0.2) is 15.0 Å². The van der Waals surface area contributed by atoms with E-state index in [9.17, 15) is 0 Å². The first-order valence-corrected chi connectivity index (χ1v) is 10.5. The lowest BCUT2D eigenvalue weighted by Gasteiger charge is -2.21. The van der Waals surface area contributed by atoms with Gasteiger partial charge < -0.3 is 9.72 Å². The third-order valence-electron chi connectivity index (χ3n) is 5.81. The Hall–Kier alpha value is -3.14. The van der Waals surface area contributed by atoms with Gasteiger partial charge in [-0.25, -0.2) is 9.97 Å². The molecule has 2 aromatic carbocycles. The first kappa shape index (κ1) is 17.9. The lowest BCUT2D eigenvalue weighted by atomic mass is 9.85. The Morgan fingerprint density at radius 3 is 2.52 bits per heavy atom. The highest BCUT2D eigenvalue weighted by atomic mass is 16.5. The Labute approximate surface area is 171 Å². The zero-order chi connectivity index (χ0) is 19.5. The smallest absolute Gasteiger partial charge is 0.178 e. The van der Waals surface area contributed by atoms with Crippen molar-refractivity contribution in [2.75, 3.05) is 0 Å². The third-order valence-corrected chi connectivity index (χ3v) is 5.81. The maximum atomic E-state index is 5.82. The van der Waals surface area contributed by atoms with Crippen molar-refractivity contribution in [3.63, 3.8) is 0 Å². The Balaban J connectivity index is 1.32. The summed E-state index contributed by atoms with van der Waals surface area (Å²) in [4.78, 5) is 12.8. The van der Waals surface area contributed by atoms with E-state index in [-0.39, 0.29) is 0 Å². The van der Waals surface area contributed by atoms with Gasteiger partial charge in [0.25, 0.3) is 0 Å². The van der Waals surface area contributed by atoms with Crippen molar-refractivity contribution in [1.82, 2.24) is 15.0 Å². The minimum absolute atomic E-state index is 0.552. The van der Waals surface area contributed by atoms with Crippen LogP contribution < -0.4 is 4.74 Å². The molecule has 2 aromatic heterocycles. The minimum atomic E-state index is 0.552. The summed E-state index contributed by atoms with van der Waals surface area (Å²) >= 11 is 0. The van der Waals surface area contributed by atoms with Crippen LogP contribution in [0.3, 0.4) is 0 Å². The van der Waals surface area contributed by atoms with Crippen LogP contribution in [0.4, 0.5) is 0 Å². The number of pyridine rings is 1. The molecule has 1 N–H and O–H groups in total. The van der Waals surface area contributed by atoms with Crippen LogP contribution in [0.1, 0.15) is 49.1 Å². The fraction of sp³-hybridized carbons (Fsp3) is 0.280. The number of para-hydroxylation sites is 1. The molecule has 0 atom stereocenters. The molecule has 1 aliphatic rings. The van der Waals surface area contributed by atoms with Crippen molar-refractivity contribution in [1.29, 1.82) is 0 Å². The van der Waals surface area contributed by atoms with Crippen LogP contribution in [0.5, 0.6) is 5.75 Å². The van der Waals surface area contributed by atoms with Crippen LogP contribution in [0, 0.1) is 0 Å². The van der Waals surface area contributed by atoms with Gasteiger partial charge in [-0.1, -0.05) is 61.7 Å². The average molecular weight is 383 g/mol. The molecule has 0 unspecified atom stereocenters. The molecule has 29 heavy (non-hydrogen) atoms. The van der Waals surface area contributed by atoms with Gasteiger partial charge in [0.05, 0.1) is 5.52 Å². The standard InChI is InChI=1S/C25H25N3O/c1-3-7-19(8-4-1)21-15-23-25(26-16-21)28-24(27-23)20-13-11-18(12-14-20)17-29-22-9-5-2-6-10-22/h2,5-6,9-16,19H,1,3-4,7-8,17H2,(H,26,27,28). The monoisotopic (exact) mass is 383 g/mol. The highest BCUT2D eigenvalue weighted by molar-refractivity contribution is 5.76. The Kier molecular flexibility index (Phi) is 4.99. The molecular formula is C25H25N3O. The summed E-state index contributed by atoms with van der Waals surface area (Å²) in [5, 5.41) is 0. The first-order chi connectivity index (χ1) is 14.3. The molecule has 1 fully saturated rings. The summed E-state index contributed by atoms with van der Waals surface area (Å²) in [6, 6.07) is 20.5. The largest absolute Gasteiger partial charge is 0.489 e. The summed E-state index contributed by atoms with van der Waals surface area (Å²) in [5.41, 5.74) is 5.36. The second-order valence-corrected chi connectivity index (χ2v) is 7.86. The van der Waals surface area contributed by atoms with Gasteiger partial charge in [-0.05, 0) is 48.1 Å².